The Morgan fingerprint density at radius 2 is 2.24 bits per heavy atom. The van der Waals surface area contributed by atoms with Gasteiger partial charge in [-0.2, -0.15) is 0 Å². The molecule has 1 aliphatic carbocycles. The van der Waals surface area contributed by atoms with Crippen LogP contribution in [0.1, 0.15) is 62.8 Å². The quantitative estimate of drug-likeness (QED) is 0.737. The van der Waals surface area contributed by atoms with E-state index < -0.39 is 0 Å². The maximum Gasteiger partial charge on any atom is 0.0414 e. The van der Waals surface area contributed by atoms with E-state index in [1.54, 1.807) is 0 Å². The van der Waals surface area contributed by atoms with Crippen LogP contribution in [0.2, 0.25) is 0 Å². The highest BCUT2D eigenvalue weighted by Crippen LogP contribution is 2.32. The van der Waals surface area contributed by atoms with Gasteiger partial charge < -0.3 is 5.32 Å². The second-order valence-electron chi connectivity index (χ2n) is 5.25. The maximum absolute atomic E-state index is 3.71. The Morgan fingerprint density at radius 3 is 2.88 bits per heavy atom. The number of hydrogen-bond donors (Lipinski definition) is 1. The minimum Gasteiger partial charge on any atom is -0.309 e. The Labute approximate surface area is 110 Å². The van der Waals surface area contributed by atoms with Crippen molar-refractivity contribution >= 4 is 11.3 Å². The zero-order chi connectivity index (χ0) is 11.9. The normalized spacial score (nSPS) is 18.6. The Balaban J connectivity index is 1.82. The Bertz CT molecular complexity index is 288. The van der Waals surface area contributed by atoms with Gasteiger partial charge in [0.1, 0.15) is 0 Å². The van der Waals surface area contributed by atoms with Gasteiger partial charge in [-0.3, -0.25) is 0 Å². The van der Waals surface area contributed by atoms with Crippen LogP contribution in [0, 0.1) is 5.92 Å². The van der Waals surface area contributed by atoms with E-state index in [1.165, 1.54) is 49.8 Å². The highest BCUT2D eigenvalue weighted by atomic mass is 32.1. The van der Waals surface area contributed by atoms with Crippen LogP contribution >= 0.6 is 11.3 Å². The van der Waals surface area contributed by atoms with E-state index in [2.05, 4.69) is 29.8 Å². The van der Waals surface area contributed by atoms with Crippen molar-refractivity contribution in [2.45, 2.75) is 57.9 Å². The molecule has 0 aromatic carbocycles. The van der Waals surface area contributed by atoms with Crippen molar-refractivity contribution in [3.63, 3.8) is 0 Å². The fraction of sp³-hybridized carbons (Fsp3) is 0.733. The van der Waals surface area contributed by atoms with E-state index in [1.807, 2.05) is 11.3 Å². The van der Waals surface area contributed by atoms with Crippen molar-refractivity contribution in [3.05, 3.63) is 22.4 Å². The topological polar surface area (TPSA) is 12.0 Å². The van der Waals surface area contributed by atoms with Crippen LogP contribution in [0.15, 0.2) is 17.5 Å². The molecular weight excluding hydrogens is 226 g/mol. The lowest BCUT2D eigenvalue weighted by Gasteiger charge is -2.19. The first-order chi connectivity index (χ1) is 8.40. The SMILES string of the molecule is CCCNC(CCC1CCCC1)c1cccs1. The van der Waals surface area contributed by atoms with Crippen molar-refractivity contribution in [2.24, 2.45) is 5.92 Å². The van der Waals surface area contributed by atoms with Gasteiger partial charge in [-0.1, -0.05) is 38.7 Å². The van der Waals surface area contributed by atoms with Crippen molar-refractivity contribution in [1.29, 1.82) is 0 Å². The predicted octanol–water partition coefficient (Wildman–Crippen LogP) is 4.76. The molecule has 0 radical (unpaired) electrons. The molecule has 96 valence electrons. The summed E-state index contributed by atoms with van der Waals surface area (Å²) in [6, 6.07) is 5.07. The van der Waals surface area contributed by atoms with E-state index in [0.29, 0.717) is 6.04 Å². The summed E-state index contributed by atoms with van der Waals surface area (Å²) in [6.07, 6.45) is 9.86. The Morgan fingerprint density at radius 1 is 1.41 bits per heavy atom. The molecule has 0 amide bonds. The van der Waals surface area contributed by atoms with E-state index in [-0.39, 0.29) is 0 Å². The molecule has 2 heteroatoms. The predicted molar refractivity (Wildman–Crippen MR) is 76.5 cm³/mol. The zero-order valence-electron chi connectivity index (χ0n) is 11.0. The van der Waals surface area contributed by atoms with Crippen molar-refractivity contribution in [2.75, 3.05) is 6.54 Å². The molecule has 0 spiro atoms. The Kier molecular flexibility index (Phi) is 5.53. The van der Waals surface area contributed by atoms with Gasteiger partial charge in [-0.25, -0.2) is 0 Å². The Hall–Kier alpha value is -0.340. The molecule has 1 fully saturated rings. The number of nitrogens with one attached hydrogen (secondary N) is 1. The van der Waals surface area contributed by atoms with Crippen molar-refractivity contribution in [3.8, 4) is 0 Å². The van der Waals surface area contributed by atoms with Crippen LogP contribution in [0.4, 0.5) is 0 Å². The molecule has 0 bridgehead atoms. The minimum absolute atomic E-state index is 0.607. The first-order valence-electron chi connectivity index (χ1n) is 7.17. The fourth-order valence-electron chi connectivity index (χ4n) is 2.85. The monoisotopic (exact) mass is 251 g/mol. The zero-order valence-corrected chi connectivity index (χ0v) is 11.8. The lowest BCUT2D eigenvalue weighted by molar-refractivity contribution is 0.415. The molecule has 0 saturated heterocycles. The van der Waals surface area contributed by atoms with Gasteiger partial charge in [0.05, 0.1) is 0 Å². The first-order valence-corrected chi connectivity index (χ1v) is 8.05. The molecule has 1 heterocycles. The molecule has 1 aromatic rings. The highest BCUT2D eigenvalue weighted by molar-refractivity contribution is 7.10. The van der Waals surface area contributed by atoms with Crippen LogP contribution in [0.3, 0.4) is 0 Å². The first kappa shape index (κ1) is 13.1. The molecule has 1 unspecified atom stereocenters. The molecule has 0 aliphatic heterocycles. The summed E-state index contributed by atoms with van der Waals surface area (Å²) in [6.45, 7) is 3.39. The van der Waals surface area contributed by atoms with E-state index in [9.17, 15) is 0 Å². The summed E-state index contributed by atoms with van der Waals surface area (Å²) in [5.74, 6) is 1.01. The van der Waals surface area contributed by atoms with Crippen molar-refractivity contribution in [1.82, 2.24) is 5.32 Å². The molecular formula is C15H25NS. The lowest BCUT2D eigenvalue weighted by Crippen LogP contribution is -2.21. The second kappa shape index (κ2) is 7.17. The van der Waals surface area contributed by atoms with Gasteiger partial charge in [0.15, 0.2) is 0 Å². The molecule has 1 saturated carbocycles. The van der Waals surface area contributed by atoms with Crippen LogP contribution < -0.4 is 5.32 Å². The summed E-state index contributed by atoms with van der Waals surface area (Å²) in [7, 11) is 0. The van der Waals surface area contributed by atoms with E-state index in [0.717, 1.165) is 12.5 Å². The van der Waals surface area contributed by atoms with E-state index >= 15 is 0 Å². The highest BCUT2D eigenvalue weighted by Gasteiger charge is 2.18. The number of hydrogen-bond acceptors (Lipinski definition) is 2. The third kappa shape index (κ3) is 4.11. The standard InChI is InChI=1S/C15H25NS/c1-2-11-16-14(15-8-5-12-17-15)10-9-13-6-3-4-7-13/h5,8,12-14,16H,2-4,6-7,9-11H2,1H3. The molecule has 1 atom stereocenters. The lowest BCUT2D eigenvalue weighted by atomic mass is 9.98. The molecule has 1 aromatic heterocycles. The van der Waals surface area contributed by atoms with Gasteiger partial charge in [-0.15, -0.1) is 11.3 Å². The largest absolute Gasteiger partial charge is 0.309 e. The van der Waals surface area contributed by atoms with Crippen LogP contribution in [0.5, 0.6) is 0 Å². The van der Waals surface area contributed by atoms with Gasteiger partial charge in [0.25, 0.3) is 0 Å². The molecule has 1 aliphatic rings. The summed E-state index contributed by atoms with van der Waals surface area (Å²) >= 11 is 1.90. The fourth-order valence-corrected chi connectivity index (χ4v) is 3.69. The van der Waals surface area contributed by atoms with Gasteiger partial charge in [0.2, 0.25) is 0 Å². The molecule has 1 nitrogen and oxygen atoms in total. The number of rotatable bonds is 7. The molecule has 1 N–H and O–H groups in total. The van der Waals surface area contributed by atoms with Crippen LogP contribution in [0.25, 0.3) is 0 Å². The van der Waals surface area contributed by atoms with E-state index in [4.69, 9.17) is 0 Å². The maximum atomic E-state index is 3.71. The van der Waals surface area contributed by atoms with Crippen molar-refractivity contribution < 1.29 is 0 Å². The molecule has 17 heavy (non-hydrogen) atoms. The summed E-state index contributed by atoms with van der Waals surface area (Å²) in [5.41, 5.74) is 0. The summed E-state index contributed by atoms with van der Waals surface area (Å²) in [4.78, 5) is 1.52. The third-order valence-electron chi connectivity index (χ3n) is 3.87. The second-order valence-corrected chi connectivity index (χ2v) is 6.23. The van der Waals surface area contributed by atoms with Gasteiger partial charge in [-0.05, 0) is 43.2 Å². The smallest absolute Gasteiger partial charge is 0.0414 e. The summed E-state index contributed by atoms with van der Waals surface area (Å²) < 4.78 is 0. The summed E-state index contributed by atoms with van der Waals surface area (Å²) in [5, 5.41) is 5.91. The van der Waals surface area contributed by atoms with Crippen LogP contribution in [-0.4, -0.2) is 6.54 Å². The van der Waals surface area contributed by atoms with Gasteiger partial charge >= 0.3 is 0 Å². The average Bonchev–Trinajstić information content (AvgIpc) is 3.01. The minimum atomic E-state index is 0.607. The van der Waals surface area contributed by atoms with Crippen LogP contribution in [-0.2, 0) is 0 Å². The molecule has 2 rings (SSSR count). The third-order valence-corrected chi connectivity index (χ3v) is 4.85. The average molecular weight is 251 g/mol. The number of thiophene rings is 1. The van der Waals surface area contributed by atoms with Gasteiger partial charge in [0, 0.05) is 10.9 Å².